The van der Waals surface area contributed by atoms with Crippen molar-refractivity contribution in [2.24, 2.45) is 0 Å². The molecule has 0 saturated carbocycles. The van der Waals surface area contributed by atoms with Crippen LogP contribution in [0.25, 0.3) is 21.2 Å². The Kier molecular flexibility index (Phi) is 6.39. The predicted molar refractivity (Wildman–Crippen MR) is 131 cm³/mol. The lowest BCUT2D eigenvalue weighted by molar-refractivity contribution is 0.0980. The van der Waals surface area contributed by atoms with Crippen LogP contribution in [0.2, 0.25) is 0 Å². The molecule has 2 heterocycles. The van der Waals surface area contributed by atoms with Crippen molar-refractivity contribution in [3.8, 4) is 0 Å². The molecule has 0 aliphatic rings. The molecule has 0 spiro atoms. The number of anilines is 1. The molecule has 2 aromatic heterocycles. The molecule has 4 rings (SSSR count). The Balaban J connectivity index is 1.79. The first-order valence-corrected chi connectivity index (χ1v) is 11.7. The standard InChI is InChI=1S/C25H27N3O3S/c1-5-27(6-2)11-12-28(25-26-20-14-16(3)13-17(4)22(20)32-25)23(29)19-15-18-9-7-8-10-21(18)31-24(19)30/h7-10,13-15H,5-6,11-12H2,1-4H3. The van der Waals surface area contributed by atoms with Crippen molar-refractivity contribution >= 4 is 43.6 Å². The first-order valence-electron chi connectivity index (χ1n) is 10.9. The monoisotopic (exact) mass is 449 g/mol. The van der Waals surface area contributed by atoms with Crippen molar-refractivity contribution in [3.63, 3.8) is 0 Å². The van der Waals surface area contributed by atoms with E-state index in [-0.39, 0.29) is 11.5 Å². The van der Waals surface area contributed by atoms with Crippen molar-refractivity contribution in [1.82, 2.24) is 9.88 Å². The van der Waals surface area contributed by atoms with E-state index in [9.17, 15) is 9.59 Å². The third-order valence-electron chi connectivity index (χ3n) is 5.69. The zero-order chi connectivity index (χ0) is 22.8. The molecule has 0 fully saturated rings. The van der Waals surface area contributed by atoms with Gasteiger partial charge in [0, 0.05) is 18.5 Å². The molecule has 0 aliphatic heterocycles. The lowest BCUT2D eigenvalue weighted by atomic mass is 10.1. The van der Waals surface area contributed by atoms with Crippen molar-refractivity contribution in [3.05, 3.63) is 69.6 Å². The Morgan fingerprint density at radius 1 is 1.06 bits per heavy atom. The molecular weight excluding hydrogens is 422 g/mol. The quantitative estimate of drug-likeness (QED) is 0.371. The number of carbonyl (C=O) groups excluding carboxylic acids is 1. The van der Waals surface area contributed by atoms with Crippen LogP contribution in [0.15, 0.2) is 51.7 Å². The number of aromatic nitrogens is 1. The highest BCUT2D eigenvalue weighted by atomic mass is 32.1. The number of benzene rings is 2. The number of aryl methyl sites for hydroxylation is 2. The first-order chi connectivity index (χ1) is 15.4. The fourth-order valence-corrected chi connectivity index (χ4v) is 4.94. The van der Waals surface area contributed by atoms with Gasteiger partial charge >= 0.3 is 5.63 Å². The Hall–Kier alpha value is -3.03. The second-order valence-electron chi connectivity index (χ2n) is 7.90. The topological polar surface area (TPSA) is 66.7 Å². The number of rotatable bonds is 7. The first kappa shape index (κ1) is 22.2. The highest BCUT2D eigenvalue weighted by molar-refractivity contribution is 7.22. The molecule has 2 aromatic carbocycles. The average Bonchev–Trinajstić information content (AvgIpc) is 3.20. The zero-order valence-corrected chi connectivity index (χ0v) is 19.7. The third-order valence-corrected chi connectivity index (χ3v) is 6.92. The van der Waals surface area contributed by atoms with Crippen LogP contribution < -0.4 is 10.5 Å². The number of hydrogen-bond acceptors (Lipinski definition) is 6. The van der Waals surface area contributed by atoms with E-state index in [1.807, 2.05) is 25.1 Å². The largest absolute Gasteiger partial charge is 0.422 e. The van der Waals surface area contributed by atoms with E-state index < -0.39 is 5.63 Å². The van der Waals surface area contributed by atoms with E-state index in [1.54, 1.807) is 23.1 Å². The number of nitrogens with zero attached hydrogens (tertiary/aromatic N) is 3. The van der Waals surface area contributed by atoms with E-state index in [4.69, 9.17) is 9.40 Å². The second kappa shape index (κ2) is 9.22. The summed E-state index contributed by atoms with van der Waals surface area (Å²) in [4.78, 5) is 35.0. The van der Waals surface area contributed by atoms with Gasteiger partial charge in [0.1, 0.15) is 11.1 Å². The van der Waals surface area contributed by atoms with Crippen LogP contribution >= 0.6 is 11.3 Å². The number of para-hydroxylation sites is 1. The van der Waals surface area contributed by atoms with Crippen molar-refractivity contribution in [2.45, 2.75) is 27.7 Å². The molecule has 1 amide bonds. The Morgan fingerprint density at radius 3 is 2.56 bits per heavy atom. The van der Waals surface area contributed by atoms with Gasteiger partial charge in [-0.2, -0.15) is 0 Å². The van der Waals surface area contributed by atoms with E-state index in [0.717, 1.165) is 39.8 Å². The normalized spacial score (nSPS) is 11.5. The van der Waals surface area contributed by atoms with Gasteiger partial charge in [0.15, 0.2) is 5.13 Å². The lowest BCUT2D eigenvalue weighted by Gasteiger charge is -2.24. The number of thiazole rings is 1. The molecule has 4 aromatic rings. The molecule has 7 heteroatoms. The summed E-state index contributed by atoms with van der Waals surface area (Å²) < 4.78 is 6.48. The summed E-state index contributed by atoms with van der Waals surface area (Å²) in [5, 5.41) is 1.31. The summed E-state index contributed by atoms with van der Waals surface area (Å²) in [6, 6.07) is 13.0. The molecule has 0 unspecified atom stereocenters. The SMILES string of the molecule is CCN(CC)CCN(C(=O)c1cc2ccccc2oc1=O)c1nc2cc(C)cc(C)c2s1. The Morgan fingerprint density at radius 2 is 1.81 bits per heavy atom. The number of amides is 1. The molecule has 0 radical (unpaired) electrons. The molecule has 32 heavy (non-hydrogen) atoms. The van der Waals surface area contributed by atoms with E-state index in [0.29, 0.717) is 23.8 Å². The van der Waals surface area contributed by atoms with Gasteiger partial charge in [-0.1, -0.05) is 49.4 Å². The smallest absolute Gasteiger partial charge is 0.349 e. The summed E-state index contributed by atoms with van der Waals surface area (Å²) in [5.41, 5.74) is 2.99. The van der Waals surface area contributed by atoms with Gasteiger partial charge in [0.25, 0.3) is 5.91 Å². The third kappa shape index (κ3) is 4.31. The van der Waals surface area contributed by atoms with Gasteiger partial charge in [-0.05, 0) is 56.3 Å². The molecule has 0 aliphatic carbocycles. The second-order valence-corrected chi connectivity index (χ2v) is 8.87. The maximum Gasteiger partial charge on any atom is 0.349 e. The van der Waals surface area contributed by atoms with Crippen molar-refractivity contribution < 1.29 is 9.21 Å². The van der Waals surface area contributed by atoms with Gasteiger partial charge in [-0.25, -0.2) is 9.78 Å². The fourth-order valence-electron chi connectivity index (χ4n) is 3.90. The zero-order valence-electron chi connectivity index (χ0n) is 18.8. The van der Waals surface area contributed by atoms with Crippen LogP contribution in [-0.4, -0.2) is 42.0 Å². The summed E-state index contributed by atoms with van der Waals surface area (Å²) >= 11 is 1.48. The highest BCUT2D eigenvalue weighted by Crippen LogP contribution is 2.32. The summed E-state index contributed by atoms with van der Waals surface area (Å²) in [6.07, 6.45) is 0. The predicted octanol–water partition coefficient (Wildman–Crippen LogP) is 5.01. The van der Waals surface area contributed by atoms with E-state index in [2.05, 4.69) is 31.7 Å². The highest BCUT2D eigenvalue weighted by Gasteiger charge is 2.25. The van der Waals surface area contributed by atoms with Gasteiger partial charge in [0.2, 0.25) is 0 Å². The molecule has 0 atom stereocenters. The molecular formula is C25H27N3O3S. The molecule has 0 bridgehead atoms. The minimum absolute atomic E-state index is 0.0235. The molecule has 166 valence electrons. The van der Waals surface area contributed by atoms with Gasteiger partial charge < -0.3 is 9.32 Å². The number of carbonyl (C=O) groups is 1. The average molecular weight is 450 g/mol. The number of likely N-dealkylation sites (N-methyl/N-ethyl adjacent to an activating group) is 1. The Labute approximate surface area is 191 Å². The van der Waals surface area contributed by atoms with Crippen LogP contribution in [0.3, 0.4) is 0 Å². The van der Waals surface area contributed by atoms with Crippen LogP contribution in [0.1, 0.15) is 35.3 Å². The summed E-state index contributed by atoms with van der Waals surface area (Å²) in [6.45, 7) is 11.2. The minimum atomic E-state index is -0.630. The maximum atomic E-state index is 13.6. The number of fused-ring (bicyclic) bond motifs is 2. The van der Waals surface area contributed by atoms with E-state index in [1.165, 1.54) is 11.3 Å². The van der Waals surface area contributed by atoms with Crippen LogP contribution in [-0.2, 0) is 0 Å². The summed E-state index contributed by atoms with van der Waals surface area (Å²) in [7, 11) is 0. The van der Waals surface area contributed by atoms with Gasteiger partial charge in [0.05, 0.1) is 10.2 Å². The fraction of sp³-hybridized carbons (Fsp3) is 0.320. The minimum Gasteiger partial charge on any atom is -0.422 e. The molecule has 0 N–H and O–H groups in total. The van der Waals surface area contributed by atoms with Crippen LogP contribution in [0.5, 0.6) is 0 Å². The maximum absolute atomic E-state index is 13.6. The van der Waals surface area contributed by atoms with Crippen molar-refractivity contribution in [2.75, 3.05) is 31.1 Å². The lowest BCUT2D eigenvalue weighted by Crippen LogP contribution is -2.40. The van der Waals surface area contributed by atoms with Gasteiger partial charge in [-0.15, -0.1) is 0 Å². The number of hydrogen-bond donors (Lipinski definition) is 0. The van der Waals surface area contributed by atoms with Gasteiger partial charge in [-0.3, -0.25) is 9.69 Å². The molecule has 6 nitrogen and oxygen atoms in total. The van der Waals surface area contributed by atoms with Crippen molar-refractivity contribution in [1.29, 1.82) is 0 Å². The Bertz CT molecular complexity index is 1340. The van der Waals surface area contributed by atoms with E-state index >= 15 is 0 Å². The summed E-state index contributed by atoms with van der Waals surface area (Å²) in [5.74, 6) is -0.384. The van der Waals surface area contributed by atoms with Crippen LogP contribution in [0, 0.1) is 13.8 Å². The molecule has 0 saturated heterocycles. The van der Waals surface area contributed by atoms with Crippen LogP contribution in [0.4, 0.5) is 5.13 Å².